The highest BCUT2D eigenvalue weighted by molar-refractivity contribution is 7.99. The highest BCUT2D eigenvalue weighted by Gasteiger charge is 2.26. The van der Waals surface area contributed by atoms with Crippen LogP contribution >= 0.6 is 11.8 Å². The van der Waals surface area contributed by atoms with Crippen LogP contribution in [0.3, 0.4) is 0 Å². The van der Waals surface area contributed by atoms with Crippen molar-refractivity contribution in [1.29, 1.82) is 0 Å². The highest BCUT2D eigenvalue weighted by Crippen LogP contribution is 2.20. The summed E-state index contributed by atoms with van der Waals surface area (Å²) in [5.74, 6) is 0.193. The molecule has 0 atom stereocenters. The van der Waals surface area contributed by atoms with E-state index in [1.807, 2.05) is 0 Å². The summed E-state index contributed by atoms with van der Waals surface area (Å²) >= 11 is 1.50. The van der Waals surface area contributed by atoms with Crippen LogP contribution < -0.4 is 10.9 Å². The number of amides is 2. The van der Waals surface area contributed by atoms with Gasteiger partial charge in [0.05, 0.1) is 6.54 Å². The van der Waals surface area contributed by atoms with Crippen LogP contribution in [0.25, 0.3) is 0 Å². The molecule has 1 aromatic heterocycles. The van der Waals surface area contributed by atoms with Crippen molar-refractivity contribution in [3.05, 3.63) is 22.1 Å². The maximum atomic E-state index is 12.4. The number of rotatable bonds is 1. The molecule has 0 bridgehead atoms. The fourth-order valence-electron chi connectivity index (χ4n) is 2.31. The van der Waals surface area contributed by atoms with Crippen molar-refractivity contribution < 1.29 is 9.59 Å². The fraction of sp³-hybridized carbons (Fsp3) is 0.500. The summed E-state index contributed by atoms with van der Waals surface area (Å²) < 4.78 is 1.52. The summed E-state index contributed by atoms with van der Waals surface area (Å²) in [5.41, 5.74) is -0.263. The minimum atomic E-state index is -0.410. The number of aromatic nitrogens is 2. The standard InChI is InChI=1S/C12H14N4O3S/c17-9-7-15(3-1-2-13-9)10(18)8-6-14-12-16(11(8)19)4-5-20-12/h6H,1-5,7H2,(H,13,17). The quantitative estimate of drug-likeness (QED) is 0.693. The Morgan fingerprint density at radius 2 is 2.20 bits per heavy atom. The van der Waals surface area contributed by atoms with E-state index >= 15 is 0 Å². The molecule has 2 aliphatic heterocycles. The molecule has 106 valence electrons. The van der Waals surface area contributed by atoms with Gasteiger partial charge in [-0.3, -0.25) is 19.0 Å². The lowest BCUT2D eigenvalue weighted by molar-refractivity contribution is -0.121. The molecule has 0 radical (unpaired) electrons. The third kappa shape index (κ3) is 2.31. The Kier molecular flexibility index (Phi) is 3.47. The third-order valence-electron chi connectivity index (χ3n) is 3.34. The fourth-order valence-corrected chi connectivity index (χ4v) is 3.23. The van der Waals surface area contributed by atoms with Crippen molar-refractivity contribution in [3.63, 3.8) is 0 Å². The summed E-state index contributed by atoms with van der Waals surface area (Å²) in [5, 5.41) is 3.35. The smallest absolute Gasteiger partial charge is 0.267 e. The van der Waals surface area contributed by atoms with E-state index in [1.165, 1.54) is 27.4 Å². The number of carbonyl (C=O) groups is 2. The second-order valence-electron chi connectivity index (χ2n) is 4.69. The van der Waals surface area contributed by atoms with E-state index in [1.54, 1.807) is 0 Å². The first kappa shape index (κ1) is 13.2. The third-order valence-corrected chi connectivity index (χ3v) is 4.31. The van der Waals surface area contributed by atoms with Gasteiger partial charge in [-0.2, -0.15) is 0 Å². The van der Waals surface area contributed by atoms with Crippen LogP contribution in [0.15, 0.2) is 16.1 Å². The van der Waals surface area contributed by atoms with Crippen molar-refractivity contribution in [1.82, 2.24) is 19.8 Å². The Bertz CT molecular complexity index is 628. The molecule has 3 heterocycles. The van der Waals surface area contributed by atoms with Gasteiger partial charge in [0.2, 0.25) is 5.91 Å². The Hall–Kier alpha value is -1.83. The number of fused-ring (bicyclic) bond motifs is 1. The lowest BCUT2D eigenvalue weighted by Gasteiger charge is -2.18. The summed E-state index contributed by atoms with van der Waals surface area (Å²) in [4.78, 5) is 41.7. The molecule has 0 unspecified atom stereocenters. The van der Waals surface area contributed by atoms with E-state index < -0.39 is 5.91 Å². The van der Waals surface area contributed by atoms with Crippen molar-refractivity contribution in [3.8, 4) is 0 Å². The summed E-state index contributed by atoms with van der Waals surface area (Å²) in [6, 6.07) is 0. The van der Waals surface area contributed by atoms with Crippen LogP contribution in [0, 0.1) is 0 Å². The summed E-state index contributed by atoms with van der Waals surface area (Å²) in [7, 11) is 0. The van der Waals surface area contributed by atoms with E-state index in [0.717, 1.165) is 5.75 Å². The first-order valence-electron chi connectivity index (χ1n) is 6.45. The van der Waals surface area contributed by atoms with Gasteiger partial charge in [0.1, 0.15) is 5.56 Å². The number of nitrogens with one attached hydrogen (secondary N) is 1. The van der Waals surface area contributed by atoms with Gasteiger partial charge < -0.3 is 10.2 Å². The van der Waals surface area contributed by atoms with E-state index in [9.17, 15) is 14.4 Å². The van der Waals surface area contributed by atoms with Crippen molar-refractivity contribution >= 4 is 23.6 Å². The Morgan fingerprint density at radius 3 is 3.05 bits per heavy atom. The van der Waals surface area contributed by atoms with Crippen LogP contribution in [0.5, 0.6) is 0 Å². The second kappa shape index (κ2) is 5.28. The molecule has 1 fully saturated rings. The molecule has 2 amide bonds. The SMILES string of the molecule is O=C1CN(C(=O)c2cnc3n(c2=O)CCS3)CCCN1. The van der Waals surface area contributed by atoms with E-state index in [4.69, 9.17) is 0 Å². The number of nitrogens with zero attached hydrogens (tertiary/aromatic N) is 3. The number of hydrogen-bond acceptors (Lipinski definition) is 5. The first-order valence-corrected chi connectivity index (χ1v) is 7.44. The average molecular weight is 294 g/mol. The van der Waals surface area contributed by atoms with Gasteiger partial charge in [0.15, 0.2) is 5.16 Å². The molecule has 2 aliphatic rings. The van der Waals surface area contributed by atoms with E-state index in [2.05, 4.69) is 10.3 Å². The largest absolute Gasteiger partial charge is 0.354 e. The van der Waals surface area contributed by atoms with Gasteiger partial charge in [-0.1, -0.05) is 11.8 Å². The van der Waals surface area contributed by atoms with Crippen LogP contribution in [0.2, 0.25) is 0 Å². The molecule has 0 spiro atoms. The Balaban J connectivity index is 1.91. The molecule has 1 N–H and O–H groups in total. The number of thioether (sulfide) groups is 1. The van der Waals surface area contributed by atoms with E-state index in [-0.39, 0.29) is 23.6 Å². The predicted octanol–water partition coefficient (Wildman–Crippen LogP) is -0.689. The normalized spacial score (nSPS) is 18.4. The Morgan fingerprint density at radius 1 is 1.35 bits per heavy atom. The lowest BCUT2D eigenvalue weighted by Crippen LogP contribution is -2.40. The van der Waals surface area contributed by atoms with E-state index in [0.29, 0.717) is 31.2 Å². The molecule has 3 rings (SSSR count). The van der Waals surface area contributed by atoms with Crippen molar-refractivity contribution in [2.24, 2.45) is 0 Å². The molecule has 1 saturated heterocycles. The minimum absolute atomic E-state index is 0.00518. The monoisotopic (exact) mass is 294 g/mol. The van der Waals surface area contributed by atoms with Gasteiger partial charge in [0.25, 0.3) is 11.5 Å². The first-order chi connectivity index (χ1) is 9.66. The Labute approximate surface area is 119 Å². The number of carbonyl (C=O) groups excluding carboxylic acids is 2. The van der Waals surface area contributed by atoms with Crippen LogP contribution in [-0.2, 0) is 11.3 Å². The predicted molar refractivity (Wildman–Crippen MR) is 72.8 cm³/mol. The van der Waals surface area contributed by atoms with Crippen LogP contribution in [0.4, 0.5) is 0 Å². The topological polar surface area (TPSA) is 84.3 Å². The number of hydrogen-bond donors (Lipinski definition) is 1. The molecule has 20 heavy (non-hydrogen) atoms. The maximum absolute atomic E-state index is 12.4. The summed E-state index contributed by atoms with van der Waals surface area (Å²) in [6.45, 7) is 1.59. The van der Waals surface area contributed by atoms with Crippen LogP contribution in [0.1, 0.15) is 16.8 Å². The van der Waals surface area contributed by atoms with Gasteiger partial charge in [-0.05, 0) is 6.42 Å². The summed E-state index contributed by atoms with van der Waals surface area (Å²) in [6.07, 6.45) is 2.02. The zero-order valence-electron chi connectivity index (χ0n) is 10.8. The van der Waals surface area contributed by atoms with Gasteiger partial charge in [-0.25, -0.2) is 4.98 Å². The molecule has 0 saturated carbocycles. The van der Waals surface area contributed by atoms with Crippen molar-refractivity contribution in [2.45, 2.75) is 18.1 Å². The van der Waals surface area contributed by atoms with Gasteiger partial charge in [0, 0.05) is 31.6 Å². The van der Waals surface area contributed by atoms with Gasteiger partial charge in [-0.15, -0.1) is 0 Å². The van der Waals surface area contributed by atoms with Crippen molar-refractivity contribution in [2.75, 3.05) is 25.4 Å². The second-order valence-corrected chi connectivity index (χ2v) is 5.75. The minimum Gasteiger partial charge on any atom is -0.354 e. The molecule has 8 heteroatoms. The molecule has 0 aliphatic carbocycles. The van der Waals surface area contributed by atoms with Crippen LogP contribution in [-0.4, -0.2) is 51.7 Å². The maximum Gasteiger partial charge on any atom is 0.267 e. The zero-order valence-corrected chi connectivity index (χ0v) is 11.6. The molecular weight excluding hydrogens is 280 g/mol. The molecule has 0 aromatic carbocycles. The zero-order chi connectivity index (χ0) is 14.1. The highest BCUT2D eigenvalue weighted by atomic mass is 32.2. The van der Waals surface area contributed by atoms with Gasteiger partial charge >= 0.3 is 0 Å². The molecule has 7 nitrogen and oxygen atoms in total. The lowest BCUT2D eigenvalue weighted by atomic mass is 10.2. The molecule has 1 aromatic rings. The average Bonchev–Trinajstić information content (AvgIpc) is 2.81. The molecular formula is C12H14N4O3S.